The Kier molecular flexibility index (Phi) is 5.02. The fourth-order valence-electron chi connectivity index (χ4n) is 4.46. The van der Waals surface area contributed by atoms with Gasteiger partial charge >= 0.3 is 0 Å². The first kappa shape index (κ1) is 19.2. The van der Waals surface area contributed by atoms with Crippen molar-refractivity contribution in [2.75, 3.05) is 43.2 Å². The van der Waals surface area contributed by atoms with Gasteiger partial charge in [-0.25, -0.2) is 9.97 Å². The fraction of sp³-hybridized carbons (Fsp3) is 0.545. The van der Waals surface area contributed by atoms with E-state index >= 15 is 0 Å². The molecule has 30 heavy (non-hydrogen) atoms. The summed E-state index contributed by atoms with van der Waals surface area (Å²) in [4.78, 5) is 18.9. The highest BCUT2D eigenvalue weighted by Gasteiger charge is 2.24. The van der Waals surface area contributed by atoms with Gasteiger partial charge in [0.05, 0.1) is 11.4 Å². The summed E-state index contributed by atoms with van der Waals surface area (Å²) in [6.45, 7) is 7.68. The van der Waals surface area contributed by atoms with E-state index < -0.39 is 0 Å². The molecule has 5 heterocycles. The molecule has 5 rings (SSSR count). The highest BCUT2D eigenvalue weighted by molar-refractivity contribution is 5.67. The third-order valence-corrected chi connectivity index (χ3v) is 6.24. The number of aryl methyl sites for hydroxylation is 2. The minimum Gasteiger partial charge on any atom is -0.381 e. The number of ether oxygens (including phenoxy) is 1. The van der Waals surface area contributed by atoms with Gasteiger partial charge in [-0.1, -0.05) is 0 Å². The summed E-state index contributed by atoms with van der Waals surface area (Å²) in [7, 11) is 2.16. The zero-order valence-corrected chi connectivity index (χ0v) is 18.0. The number of rotatable bonds is 4. The molecule has 0 aliphatic carbocycles. The Morgan fingerprint density at radius 3 is 2.60 bits per heavy atom. The van der Waals surface area contributed by atoms with Gasteiger partial charge in [0.15, 0.2) is 5.65 Å². The SMILES string of the molecule is Cc1cnc(C)c(-c2cc3nc(N4CCCC4)cc(N(C)C4CCOCC4)n3n2)n1. The molecule has 0 atom stereocenters. The average Bonchev–Trinajstić information content (AvgIpc) is 3.44. The van der Waals surface area contributed by atoms with Crippen LogP contribution in [0.25, 0.3) is 17.0 Å². The minimum absolute atomic E-state index is 0.434. The highest BCUT2D eigenvalue weighted by Crippen LogP contribution is 2.30. The van der Waals surface area contributed by atoms with Crippen LogP contribution in [-0.4, -0.2) is 64.0 Å². The summed E-state index contributed by atoms with van der Waals surface area (Å²) in [5.74, 6) is 2.10. The van der Waals surface area contributed by atoms with E-state index in [1.54, 1.807) is 6.20 Å². The molecule has 2 fully saturated rings. The van der Waals surface area contributed by atoms with E-state index in [0.29, 0.717) is 6.04 Å². The topological polar surface area (TPSA) is 71.7 Å². The first-order valence-electron chi connectivity index (χ1n) is 10.9. The number of hydrogen-bond donors (Lipinski definition) is 0. The van der Waals surface area contributed by atoms with Gasteiger partial charge in [0.1, 0.15) is 23.0 Å². The van der Waals surface area contributed by atoms with Crippen LogP contribution < -0.4 is 9.80 Å². The predicted molar refractivity (Wildman–Crippen MR) is 117 cm³/mol. The van der Waals surface area contributed by atoms with Gasteiger partial charge in [-0.3, -0.25) is 4.98 Å². The summed E-state index contributed by atoms with van der Waals surface area (Å²) < 4.78 is 7.55. The van der Waals surface area contributed by atoms with E-state index in [9.17, 15) is 0 Å². The lowest BCUT2D eigenvalue weighted by molar-refractivity contribution is 0.0853. The quantitative estimate of drug-likeness (QED) is 0.658. The standard InChI is InChI=1S/C22H29N7O/c1-15-14-23-16(2)22(24-15)18-12-20-25-19(28-8-4-5-9-28)13-21(29(20)26-18)27(3)17-6-10-30-11-7-17/h12-14,17H,4-11H2,1-3H3. The maximum atomic E-state index is 5.58. The Labute approximate surface area is 176 Å². The molecule has 158 valence electrons. The molecule has 2 saturated heterocycles. The first-order valence-corrected chi connectivity index (χ1v) is 10.9. The molecule has 0 bridgehead atoms. The summed E-state index contributed by atoms with van der Waals surface area (Å²) in [6, 6.07) is 4.67. The van der Waals surface area contributed by atoms with Gasteiger partial charge in [0, 0.05) is 57.7 Å². The second-order valence-corrected chi connectivity index (χ2v) is 8.37. The molecule has 0 amide bonds. The third kappa shape index (κ3) is 3.49. The Hall–Kier alpha value is -2.74. The lowest BCUT2D eigenvalue weighted by Crippen LogP contribution is -2.38. The van der Waals surface area contributed by atoms with Crippen molar-refractivity contribution in [3.8, 4) is 11.4 Å². The van der Waals surface area contributed by atoms with Gasteiger partial charge in [-0.15, -0.1) is 0 Å². The maximum absolute atomic E-state index is 5.58. The van der Waals surface area contributed by atoms with Crippen LogP contribution in [0.15, 0.2) is 18.3 Å². The van der Waals surface area contributed by atoms with Crippen LogP contribution in [0.2, 0.25) is 0 Å². The Bertz CT molecular complexity index is 1050. The van der Waals surface area contributed by atoms with Crippen LogP contribution >= 0.6 is 0 Å². The van der Waals surface area contributed by atoms with Crippen molar-refractivity contribution in [2.45, 2.75) is 45.6 Å². The zero-order valence-electron chi connectivity index (χ0n) is 18.0. The van der Waals surface area contributed by atoms with Crippen LogP contribution in [0, 0.1) is 13.8 Å². The highest BCUT2D eigenvalue weighted by atomic mass is 16.5. The summed E-state index contributed by atoms with van der Waals surface area (Å²) in [5, 5.41) is 4.93. The third-order valence-electron chi connectivity index (χ3n) is 6.24. The average molecular weight is 408 g/mol. The molecule has 8 nitrogen and oxygen atoms in total. The second-order valence-electron chi connectivity index (χ2n) is 8.37. The molecule has 0 aromatic carbocycles. The van der Waals surface area contributed by atoms with Gasteiger partial charge < -0.3 is 14.5 Å². The fourth-order valence-corrected chi connectivity index (χ4v) is 4.46. The van der Waals surface area contributed by atoms with Crippen molar-refractivity contribution in [2.24, 2.45) is 0 Å². The lowest BCUT2D eigenvalue weighted by Gasteiger charge is -2.33. The number of aromatic nitrogens is 5. The van der Waals surface area contributed by atoms with Gasteiger partial charge in [-0.05, 0) is 39.5 Å². The molecule has 0 unspecified atom stereocenters. The van der Waals surface area contributed by atoms with E-state index in [4.69, 9.17) is 19.8 Å². The van der Waals surface area contributed by atoms with E-state index in [-0.39, 0.29) is 0 Å². The second kappa shape index (κ2) is 7.83. The van der Waals surface area contributed by atoms with Crippen molar-refractivity contribution in [3.05, 3.63) is 29.7 Å². The van der Waals surface area contributed by atoms with E-state index in [2.05, 4.69) is 27.9 Å². The van der Waals surface area contributed by atoms with Crippen LogP contribution in [0.5, 0.6) is 0 Å². The molecule has 8 heteroatoms. The van der Waals surface area contributed by atoms with Crippen LogP contribution in [-0.2, 0) is 4.74 Å². The monoisotopic (exact) mass is 407 g/mol. The van der Waals surface area contributed by atoms with Crippen molar-refractivity contribution in [1.29, 1.82) is 0 Å². The molecule has 2 aliphatic rings. The number of anilines is 2. The van der Waals surface area contributed by atoms with Crippen molar-refractivity contribution in [3.63, 3.8) is 0 Å². The van der Waals surface area contributed by atoms with Crippen LogP contribution in [0.4, 0.5) is 11.6 Å². The number of hydrogen-bond acceptors (Lipinski definition) is 7. The maximum Gasteiger partial charge on any atom is 0.160 e. The summed E-state index contributed by atoms with van der Waals surface area (Å²) >= 11 is 0. The zero-order chi connectivity index (χ0) is 20.7. The van der Waals surface area contributed by atoms with E-state index in [1.807, 2.05) is 24.4 Å². The molecule has 3 aromatic heterocycles. The lowest BCUT2D eigenvalue weighted by atomic mass is 10.1. The van der Waals surface area contributed by atoms with E-state index in [1.165, 1.54) is 12.8 Å². The van der Waals surface area contributed by atoms with Gasteiger partial charge in [0.2, 0.25) is 0 Å². The van der Waals surface area contributed by atoms with Gasteiger partial charge in [0.25, 0.3) is 0 Å². The smallest absolute Gasteiger partial charge is 0.160 e. The number of nitrogens with zero attached hydrogens (tertiary/aromatic N) is 7. The van der Waals surface area contributed by atoms with Crippen molar-refractivity contribution in [1.82, 2.24) is 24.6 Å². The Morgan fingerprint density at radius 1 is 1.07 bits per heavy atom. The minimum atomic E-state index is 0.434. The summed E-state index contributed by atoms with van der Waals surface area (Å²) in [5.41, 5.74) is 4.26. The Morgan fingerprint density at radius 2 is 1.83 bits per heavy atom. The van der Waals surface area contributed by atoms with Crippen LogP contribution in [0.3, 0.4) is 0 Å². The largest absolute Gasteiger partial charge is 0.381 e. The molecule has 3 aromatic rings. The molecular formula is C22H29N7O. The number of fused-ring (bicyclic) bond motifs is 1. The molecule has 0 saturated carbocycles. The molecule has 2 aliphatic heterocycles. The molecule has 0 radical (unpaired) electrons. The first-order chi connectivity index (χ1) is 14.6. The van der Waals surface area contributed by atoms with Crippen molar-refractivity contribution < 1.29 is 4.74 Å². The van der Waals surface area contributed by atoms with Gasteiger partial charge in [-0.2, -0.15) is 9.61 Å². The van der Waals surface area contributed by atoms with E-state index in [0.717, 1.165) is 79.2 Å². The molecular weight excluding hydrogens is 378 g/mol. The molecule has 0 N–H and O–H groups in total. The van der Waals surface area contributed by atoms with Crippen LogP contribution in [0.1, 0.15) is 37.1 Å². The molecule has 0 spiro atoms. The van der Waals surface area contributed by atoms with Crippen molar-refractivity contribution >= 4 is 17.3 Å². The Balaban J connectivity index is 1.63. The predicted octanol–water partition coefficient (Wildman–Crippen LogP) is 3.02. The normalized spacial score (nSPS) is 17.8. The summed E-state index contributed by atoms with van der Waals surface area (Å²) in [6.07, 6.45) is 6.29.